The molecule has 1 aliphatic rings. The van der Waals surface area contributed by atoms with E-state index in [0.717, 1.165) is 29.7 Å². The molecular formula is C30H29N7O3S. The van der Waals surface area contributed by atoms with Crippen LogP contribution in [0.25, 0.3) is 22.3 Å². The summed E-state index contributed by atoms with van der Waals surface area (Å²) in [4.78, 5) is 28.1. The summed E-state index contributed by atoms with van der Waals surface area (Å²) in [7, 11) is -3.77. The number of piperidine rings is 1. The molecule has 3 N–H and O–H groups in total. The zero-order valence-electron chi connectivity index (χ0n) is 22.2. The SMILES string of the molecule is NC1CCN(C(=O)Cc2cccc(Nc3cc(-c4cnc5c(ccn5S(=O)(=O)c5ccccc5)c4)ncn3)c2)CC1. The second-order valence-electron chi connectivity index (χ2n) is 10.1. The van der Waals surface area contributed by atoms with Crippen molar-refractivity contribution in [2.45, 2.75) is 30.2 Å². The number of hydrogen-bond acceptors (Lipinski definition) is 8. The molecule has 0 radical (unpaired) electrons. The molecule has 0 atom stereocenters. The van der Waals surface area contributed by atoms with Gasteiger partial charge in [-0.25, -0.2) is 27.3 Å². The lowest BCUT2D eigenvalue weighted by atomic mass is 10.0. The summed E-state index contributed by atoms with van der Waals surface area (Å²) in [5, 5.41) is 3.97. The zero-order valence-corrected chi connectivity index (χ0v) is 23.0. The normalized spacial score (nSPS) is 14.3. The maximum absolute atomic E-state index is 13.1. The second-order valence-corrected chi connectivity index (χ2v) is 11.9. The first-order valence-electron chi connectivity index (χ1n) is 13.4. The highest BCUT2D eigenvalue weighted by Crippen LogP contribution is 2.26. The van der Waals surface area contributed by atoms with E-state index < -0.39 is 10.0 Å². The third-order valence-electron chi connectivity index (χ3n) is 7.20. The molecule has 0 aliphatic carbocycles. The van der Waals surface area contributed by atoms with Crippen LogP contribution in [0.3, 0.4) is 0 Å². The Morgan fingerprint density at radius 1 is 0.951 bits per heavy atom. The zero-order chi connectivity index (χ0) is 28.4. The van der Waals surface area contributed by atoms with E-state index in [1.807, 2.05) is 35.2 Å². The number of aromatic nitrogens is 4. The van der Waals surface area contributed by atoms with Gasteiger partial charge in [0.1, 0.15) is 12.1 Å². The van der Waals surface area contributed by atoms with Crippen LogP contribution in [-0.2, 0) is 21.2 Å². The number of nitrogens with one attached hydrogen (secondary N) is 1. The Bertz CT molecular complexity index is 1810. The van der Waals surface area contributed by atoms with Crippen LogP contribution < -0.4 is 11.1 Å². The van der Waals surface area contributed by atoms with Gasteiger partial charge in [-0.2, -0.15) is 0 Å². The smallest absolute Gasteiger partial charge is 0.269 e. The van der Waals surface area contributed by atoms with Gasteiger partial charge in [-0.3, -0.25) is 4.79 Å². The van der Waals surface area contributed by atoms with Crippen molar-refractivity contribution < 1.29 is 13.2 Å². The molecule has 208 valence electrons. The summed E-state index contributed by atoms with van der Waals surface area (Å²) in [5.41, 5.74) is 9.37. The van der Waals surface area contributed by atoms with E-state index in [2.05, 4.69) is 20.3 Å². The van der Waals surface area contributed by atoms with Crippen LogP contribution in [0.5, 0.6) is 0 Å². The molecule has 1 aliphatic heterocycles. The molecule has 1 saturated heterocycles. The van der Waals surface area contributed by atoms with E-state index >= 15 is 0 Å². The Balaban J connectivity index is 1.19. The summed E-state index contributed by atoms with van der Waals surface area (Å²) in [6.07, 6.45) is 6.57. The molecule has 11 heteroatoms. The van der Waals surface area contributed by atoms with Crippen LogP contribution in [0.4, 0.5) is 11.5 Å². The predicted molar refractivity (Wildman–Crippen MR) is 157 cm³/mol. The van der Waals surface area contributed by atoms with Crippen molar-refractivity contribution >= 4 is 38.5 Å². The lowest BCUT2D eigenvalue weighted by Gasteiger charge is -2.30. The molecule has 0 bridgehead atoms. The maximum Gasteiger partial charge on any atom is 0.269 e. The third-order valence-corrected chi connectivity index (χ3v) is 8.88. The van der Waals surface area contributed by atoms with Gasteiger partial charge in [0.15, 0.2) is 5.65 Å². The van der Waals surface area contributed by atoms with Crippen LogP contribution in [-0.4, -0.2) is 57.3 Å². The van der Waals surface area contributed by atoms with E-state index in [4.69, 9.17) is 5.73 Å². The number of likely N-dealkylation sites (tertiary alicyclic amines) is 1. The highest BCUT2D eigenvalue weighted by Gasteiger charge is 2.21. The molecule has 3 aromatic heterocycles. The highest BCUT2D eigenvalue weighted by molar-refractivity contribution is 7.90. The molecule has 1 fully saturated rings. The lowest BCUT2D eigenvalue weighted by Crippen LogP contribution is -2.43. The summed E-state index contributed by atoms with van der Waals surface area (Å²) >= 11 is 0. The third kappa shape index (κ3) is 5.67. The molecule has 2 aromatic carbocycles. The molecule has 10 nitrogen and oxygen atoms in total. The lowest BCUT2D eigenvalue weighted by molar-refractivity contribution is -0.131. The van der Waals surface area contributed by atoms with Gasteiger partial charge in [-0.05, 0) is 54.8 Å². The van der Waals surface area contributed by atoms with Crippen molar-refractivity contribution in [3.8, 4) is 11.3 Å². The van der Waals surface area contributed by atoms with Crippen LogP contribution in [0.2, 0.25) is 0 Å². The molecule has 6 rings (SSSR count). The second kappa shape index (κ2) is 11.1. The fraction of sp³-hybridized carbons (Fsp3) is 0.200. The minimum absolute atomic E-state index is 0.103. The Hall–Kier alpha value is -4.61. The molecule has 1 amide bonds. The molecule has 4 heterocycles. The highest BCUT2D eigenvalue weighted by atomic mass is 32.2. The summed E-state index contributed by atoms with van der Waals surface area (Å²) in [6.45, 7) is 1.41. The van der Waals surface area contributed by atoms with Gasteiger partial charge in [0.25, 0.3) is 10.0 Å². The number of hydrogen-bond donors (Lipinski definition) is 2. The van der Waals surface area contributed by atoms with Gasteiger partial charge in [0.2, 0.25) is 5.91 Å². The van der Waals surface area contributed by atoms with Crippen molar-refractivity contribution in [1.82, 2.24) is 23.8 Å². The summed E-state index contributed by atoms with van der Waals surface area (Å²) < 4.78 is 27.4. The minimum Gasteiger partial charge on any atom is -0.342 e. The molecular weight excluding hydrogens is 538 g/mol. The van der Waals surface area contributed by atoms with E-state index in [9.17, 15) is 13.2 Å². The van der Waals surface area contributed by atoms with Gasteiger partial charge < -0.3 is 16.0 Å². The number of fused-ring (bicyclic) bond motifs is 1. The molecule has 0 saturated carbocycles. The number of nitrogens with two attached hydrogens (primary N) is 1. The number of carbonyl (C=O) groups is 1. The summed E-state index contributed by atoms with van der Waals surface area (Å²) in [5.74, 6) is 0.680. The number of pyridine rings is 1. The van der Waals surface area contributed by atoms with Crippen molar-refractivity contribution in [3.05, 3.63) is 97.1 Å². The number of anilines is 2. The molecule has 5 aromatic rings. The first-order valence-corrected chi connectivity index (χ1v) is 14.8. The number of rotatable bonds is 7. The number of amides is 1. The van der Waals surface area contributed by atoms with Crippen LogP contribution in [0.15, 0.2) is 96.4 Å². The average Bonchev–Trinajstić information content (AvgIpc) is 3.43. The van der Waals surface area contributed by atoms with Gasteiger partial charge in [0.05, 0.1) is 17.0 Å². The van der Waals surface area contributed by atoms with Gasteiger partial charge in [-0.15, -0.1) is 0 Å². The van der Waals surface area contributed by atoms with E-state index in [-0.39, 0.29) is 16.8 Å². The molecule has 41 heavy (non-hydrogen) atoms. The van der Waals surface area contributed by atoms with Gasteiger partial charge in [-0.1, -0.05) is 30.3 Å². The Morgan fingerprint density at radius 2 is 1.76 bits per heavy atom. The quantitative estimate of drug-likeness (QED) is 0.302. The number of nitrogens with zero attached hydrogens (tertiary/aromatic N) is 5. The first kappa shape index (κ1) is 26.6. The van der Waals surface area contributed by atoms with Gasteiger partial charge >= 0.3 is 0 Å². The average molecular weight is 568 g/mol. The maximum atomic E-state index is 13.1. The Labute approximate surface area is 237 Å². The first-order chi connectivity index (χ1) is 19.9. The molecule has 0 unspecified atom stereocenters. The molecule has 0 spiro atoms. The fourth-order valence-corrected chi connectivity index (χ4v) is 6.30. The van der Waals surface area contributed by atoms with Crippen molar-refractivity contribution in [2.24, 2.45) is 5.73 Å². The number of benzene rings is 2. The number of carbonyl (C=O) groups excluding carboxylic acids is 1. The van der Waals surface area contributed by atoms with Crippen molar-refractivity contribution in [3.63, 3.8) is 0 Å². The fourth-order valence-electron chi connectivity index (χ4n) is 4.97. The standard InChI is InChI=1S/C30H29N7O3S/c31-24-10-12-36(13-11-24)29(38)16-21-5-4-6-25(15-21)35-28-18-27(33-20-34-28)23-17-22-9-14-37(30(22)32-19-23)41(39,40)26-7-2-1-3-8-26/h1-9,14-15,17-20,24H,10-13,16,31H2,(H,33,34,35). The van der Waals surface area contributed by atoms with Gasteiger partial charge in [0, 0.05) is 54.2 Å². The largest absolute Gasteiger partial charge is 0.342 e. The predicted octanol–water partition coefficient (Wildman–Crippen LogP) is 3.97. The van der Waals surface area contributed by atoms with Crippen molar-refractivity contribution in [2.75, 3.05) is 18.4 Å². The summed E-state index contributed by atoms with van der Waals surface area (Å²) in [6, 6.07) is 21.5. The monoisotopic (exact) mass is 567 g/mol. The topological polar surface area (TPSA) is 136 Å². The van der Waals surface area contributed by atoms with E-state index in [0.29, 0.717) is 42.1 Å². The Morgan fingerprint density at radius 3 is 2.56 bits per heavy atom. The Kier molecular flexibility index (Phi) is 7.21. The van der Waals surface area contributed by atoms with Crippen LogP contribution in [0, 0.1) is 0 Å². The van der Waals surface area contributed by atoms with Crippen molar-refractivity contribution in [1.29, 1.82) is 0 Å². The van der Waals surface area contributed by atoms with E-state index in [1.165, 1.54) is 16.5 Å². The minimum atomic E-state index is -3.77. The van der Waals surface area contributed by atoms with Crippen LogP contribution >= 0.6 is 0 Å². The van der Waals surface area contributed by atoms with E-state index in [1.54, 1.807) is 48.7 Å². The van der Waals surface area contributed by atoms with Crippen LogP contribution in [0.1, 0.15) is 18.4 Å².